The van der Waals surface area contributed by atoms with E-state index in [9.17, 15) is 9.59 Å². The van der Waals surface area contributed by atoms with Crippen LogP contribution in [0.3, 0.4) is 0 Å². The molecule has 0 aromatic heterocycles. The fourth-order valence-corrected chi connectivity index (χ4v) is 0. The Labute approximate surface area is 75.8 Å². The monoisotopic (exact) mass is 184 g/mol. The molecule has 0 aliphatic carbocycles. The summed E-state index contributed by atoms with van der Waals surface area (Å²) in [5.74, 6) is -2.82. The quantitative estimate of drug-likeness (QED) is 0.401. The van der Waals surface area contributed by atoms with Crippen molar-refractivity contribution in [2.24, 2.45) is 11.5 Å². The first-order chi connectivity index (χ1) is 6.84. The standard InChI is InChI=1S/2C3H7NO2/c2*1-2(4)3(5)6/h2*2H,4H2,1H3,(H,5,6)/i1+1,2+1;1D3,2D. The summed E-state index contributed by atoms with van der Waals surface area (Å²) < 4.78 is 26.2. The minimum absolute atomic E-state index is 0.731. The Balaban J connectivity index is 0. The summed E-state index contributed by atoms with van der Waals surface area (Å²) in [5.41, 5.74) is 9.48. The molecule has 0 aliphatic rings. The van der Waals surface area contributed by atoms with Gasteiger partial charge in [-0.1, -0.05) is 0 Å². The number of carbonyl (C=O) groups is 2. The number of carboxylic acids is 2. The van der Waals surface area contributed by atoms with Crippen LogP contribution in [0.15, 0.2) is 0 Å². The van der Waals surface area contributed by atoms with Gasteiger partial charge in [0.15, 0.2) is 0 Å². The highest BCUT2D eigenvalue weighted by molar-refractivity contribution is 5.72. The Morgan fingerprint density at radius 2 is 1.75 bits per heavy atom. The average Bonchev–Trinajstić information content (AvgIpc) is 2.02. The Kier molecular flexibility index (Phi) is 3.49. The van der Waals surface area contributed by atoms with Crippen molar-refractivity contribution in [1.29, 1.82) is 0 Å². The maximum absolute atomic E-state index is 10.00. The van der Waals surface area contributed by atoms with Gasteiger partial charge in [0.2, 0.25) is 0 Å². The number of carboxylic acid groups (broad SMARTS) is 2. The average molecular weight is 184 g/mol. The zero-order valence-electron chi connectivity index (χ0n) is 10.4. The molecular formula is C6H14N2O4. The summed E-state index contributed by atoms with van der Waals surface area (Å²) >= 11 is 0. The number of hydrogen-bond acceptors (Lipinski definition) is 4. The zero-order chi connectivity index (χ0) is 13.7. The first kappa shape index (κ1) is 6.38. The van der Waals surface area contributed by atoms with Crippen LogP contribution in [0.4, 0.5) is 0 Å². The SMILES string of the molecule is [13CH3][13CH](N)C(=O)O.[2H]C([2H])([2H])C([2H])(N)C(=O)O. The van der Waals surface area contributed by atoms with Crippen molar-refractivity contribution in [3.05, 3.63) is 0 Å². The maximum Gasteiger partial charge on any atom is 0.320 e. The third kappa shape index (κ3) is 11.6. The number of hydrogen-bond donors (Lipinski definition) is 4. The molecule has 0 bridgehead atoms. The van der Waals surface area contributed by atoms with Crippen LogP contribution in [0.5, 0.6) is 0 Å². The van der Waals surface area contributed by atoms with Gasteiger partial charge in [-0.15, -0.1) is 0 Å². The lowest BCUT2D eigenvalue weighted by molar-refractivity contribution is -0.139. The van der Waals surface area contributed by atoms with E-state index in [4.69, 9.17) is 21.4 Å². The molecule has 0 heterocycles. The number of aliphatic carboxylic acids is 2. The first-order valence-corrected chi connectivity index (χ1v) is 2.84. The largest absolute Gasteiger partial charge is 0.480 e. The zero-order valence-corrected chi connectivity index (χ0v) is 6.44. The van der Waals surface area contributed by atoms with Crippen LogP contribution >= 0.6 is 0 Å². The van der Waals surface area contributed by atoms with Gasteiger partial charge in [-0.25, -0.2) is 0 Å². The summed E-state index contributed by atoms with van der Waals surface area (Å²) in [6.07, 6.45) is 0. The molecule has 0 rings (SSSR count). The van der Waals surface area contributed by atoms with Gasteiger partial charge in [0.05, 0.1) is 1.37 Å². The third-order valence-corrected chi connectivity index (χ3v) is 0.620. The molecule has 6 nitrogen and oxygen atoms in total. The normalized spacial score (nSPS) is 22.2. The second-order valence-electron chi connectivity index (χ2n) is 1.85. The van der Waals surface area contributed by atoms with Gasteiger partial charge < -0.3 is 21.7 Å². The van der Waals surface area contributed by atoms with Crippen LogP contribution in [0.2, 0.25) is 0 Å². The summed E-state index contributed by atoms with van der Waals surface area (Å²) in [6.45, 7) is -1.57. The van der Waals surface area contributed by atoms with E-state index >= 15 is 0 Å². The Bertz CT molecular complexity index is 264. The molecule has 6 heteroatoms. The van der Waals surface area contributed by atoms with Crippen LogP contribution in [0, 0.1) is 0 Å². The van der Waals surface area contributed by atoms with Gasteiger partial charge in [-0.05, 0) is 13.8 Å². The lowest BCUT2D eigenvalue weighted by atomic mass is 10.4. The van der Waals surface area contributed by atoms with Gasteiger partial charge in [0, 0.05) is 4.11 Å². The van der Waals surface area contributed by atoms with Crippen molar-refractivity contribution in [2.45, 2.75) is 25.8 Å². The topological polar surface area (TPSA) is 127 Å². The summed E-state index contributed by atoms with van der Waals surface area (Å²) in [5, 5.41) is 16.0. The van der Waals surface area contributed by atoms with Crippen molar-refractivity contribution in [3.63, 3.8) is 0 Å². The molecule has 0 saturated heterocycles. The first-order valence-electron chi connectivity index (χ1n) is 4.84. The van der Waals surface area contributed by atoms with Crippen molar-refractivity contribution in [3.8, 4) is 0 Å². The van der Waals surface area contributed by atoms with Crippen molar-refractivity contribution >= 4 is 11.9 Å². The summed E-state index contributed by atoms with van der Waals surface area (Å²) in [6, 6.07) is -3.63. The highest BCUT2D eigenvalue weighted by Gasteiger charge is 2.00. The van der Waals surface area contributed by atoms with E-state index in [-0.39, 0.29) is 0 Å². The molecule has 0 spiro atoms. The highest BCUT2D eigenvalue weighted by Crippen LogP contribution is 1.68. The lowest BCUT2D eigenvalue weighted by Gasteiger charge is -1.90. The van der Waals surface area contributed by atoms with Gasteiger partial charge in [0.1, 0.15) is 12.1 Å². The predicted octanol–water partition coefficient (Wildman–Crippen LogP) is -1.16. The van der Waals surface area contributed by atoms with Gasteiger partial charge >= 0.3 is 11.9 Å². The van der Waals surface area contributed by atoms with Crippen LogP contribution in [0.1, 0.15) is 19.3 Å². The molecule has 0 amide bonds. The fourth-order valence-electron chi connectivity index (χ4n) is 0. The van der Waals surface area contributed by atoms with E-state index in [1.165, 1.54) is 6.92 Å². The molecule has 0 radical (unpaired) electrons. The van der Waals surface area contributed by atoms with Crippen molar-refractivity contribution in [1.82, 2.24) is 0 Å². The lowest BCUT2D eigenvalue weighted by Crippen LogP contribution is -2.25. The molecule has 0 aromatic rings. The van der Waals surface area contributed by atoms with E-state index in [0.717, 1.165) is 0 Å². The summed E-state index contributed by atoms with van der Waals surface area (Å²) in [4.78, 5) is 19.6. The third-order valence-electron chi connectivity index (χ3n) is 0.620. The van der Waals surface area contributed by atoms with Crippen LogP contribution in [-0.2, 0) is 9.59 Å². The fraction of sp³-hybridized carbons (Fsp3) is 0.667. The Hall–Kier alpha value is -1.14. The van der Waals surface area contributed by atoms with E-state index < -0.39 is 30.9 Å². The molecule has 72 valence electrons. The molecule has 0 fully saturated rings. The van der Waals surface area contributed by atoms with Gasteiger partial charge in [0.25, 0.3) is 0 Å². The highest BCUT2D eigenvalue weighted by atomic mass is 16.4. The van der Waals surface area contributed by atoms with Crippen molar-refractivity contribution in [2.75, 3.05) is 0 Å². The molecule has 0 aliphatic heterocycles. The van der Waals surface area contributed by atoms with Gasteiger partial charge in [-0.2, -0.15) is 0 Å². The molecule has 2 atom stereocenters. The van der Waals surface area contributed by atoms with Crippen LogP contribution in [0.25, 0.3) is 0 Å². The molecule has 0 aromatic carbocycles. The second-order valence-corrected chi connectivity index (χ2v) is 1.85. The van der Waals surface area contributed by atoms with E-state index in [2.05, 4.69) is 5.73 Å². The van der Waals surface area contributed by atoms with E-state index in [0.29, 0.717) is 0 Å². The minimum atomic E-state index is -2.99. The van der Waals surface area contributed by atoms with Crippen LogP contribution < -0.4 is 11.5 Å². The van der Waals surface area contributed by atoms with Gasteiger partial charge in [-0.3, -0.25) is 9.59 Å². The molecule has 0 saturated carbocycles. The van der Waals surface area contributed by atoms with E-state index in [1.807, 2.05) is 0 Å². The smallest absolute Gasteiger partial charge is 0.320 e. The predicted molar refractivity (Wildman–Crippen MR) is 42.6 cm³/mol. The Morgan fingerprint density at radius 3 is 1.75 bits per heavy atom. The summed E-state index contributed by atoms with van der Waals surface area (Å²) in [7, 11) is 0. The van der Waals surface area contributed by atoms with E-state index in [1.54, 1.807) is 0 Å². The van der Waals surface area contributed by atoms with Crippen molar-refractivity contribution < 1.29 is 25.3 Å². The molecule has 6 N–H and O–H groups in total. The molecule has 2 unspecified atom stereocenters. The Morgan fingerprint density at radius 1 is 1.42 bits per heavy atom. The van der Waals surface area contributed by atoms with Crippen LogP contribution in [-0.4, -0.2) is 34.2 Å². The number of rotatable bonds is 2. The molecular weight excluding hydrogens is 166 g/mol. The second kappa shape index (κ2) is 6.56. The number of nitrogens with two attached hydrogens (primary N) is 2. The maximum atomic E-state index is 10.00. The minimum Gasteiger partial charge on any atom is -0.480 e. The molecule has 12 heavy (non-hydrogen) atoms.